The van der Waals surface area contributed by atoms with Gasteiger partial charge in [0.15, 0.2) is 5.17 Å². The zero-order valence-corrected chi connectivity index (χ0v) is 15.0. The molecule has 1 saturated carbocycles. The molecule has 2 N–H and O–H groups in total. The quantitative estimate of drug-likeness (QED) is 0.880. The number of carbonyl (C=O) groups is 1. The molecule has 1 aliphatic carbocycles. The van der Waals surface area contributed by atoms with Crippen LogP contribution < -0.4 is 10.7 Å². The van der Waals surface area contributed by atoms with E-state index in [4.69, 9.17) is 4.99 Å². The van der Waals surface area contributed by atoms with Crippen molar-refractivity contribution in [2.75, 3.05) is 11.1 Å². The van der Waals surface area contributed by atoms with Gasteiger partial charge in [0.1, 0.15) is 0 Å². The van der Waals surface area contributed by atoms with Crippen molar-refractivity contribution in [1.82, 2.24) is 5.43 Å². The summed E-state index contributed by atoms with van der Waals surface area (Å²) in [5.74, 6) is 1.42. The van der Waals surface area contributed by atoms with Crippen LogP contribution in [0, 0.1) is 5.92 Å². The van der Waals surface area contributed by atoms with Gasteiger partial charge in [-0.15, -0.1) is 0 Å². The van der Waals surface area contributed by atoms with Crippen LogP contribution in [0.4, 0.5) is 5.69 Å². The van der Waals surface area contributed by atoms with Crippen molar-refractivity contribution in [2.45, 2.75) is 45.6 Å². The first kappa shape index (κ1) is 17.0. The molecule has 0 bridgehead atoms. The molecule has 3 rings (SSSR count). The van der Waals surface area contributed by atoms with Crippen molar-refractivity contribution in [3.63, 3.8) is 0 Å². The third kappa shape index (κ3) is 4.38. The lowest BCUT2D eigenvalue weighted by atomic mass is 9.86. The van der Waals surface area contributed by atoms with E-state index < -0.39 is 0 Å². The zero-order chi connectivity index (χ0) is 16.9. The van der Waals surface area contributed by atoms with Crippen molar-refractivity contribution >= 4 is 34.2 Å². The molecule has 2 aliphatic rings. The van der Waals surface area contributed by atoms with Gasteiger partial charge in [-0.3, -0.25) is 15.2 Å². The number of thioether (sulfide) groups is 1. The van der Waals surface area contributed by atoms with Gasteiger partial charge in [0.25, 0.3) is 0 Å². The highest BCUT2D eigenvalue weighted by molar-refractivity contribution is 8.14. The fraction of sp³-hybridized carbons (Fsp3) is 0.500. The molecule has 128 valence electrons. The van der Waals surface area contributed by atoms with Crippen molar-refractivity contribution in [3.8, 4) is 0 Å². The Morgan fingerprint density at radius 1 is 1.29 bits per heavy atom. The Hall–Kier alpha value is -1.82. The molecule has 1 heterocycles. The lowest BCUT2D eigenvalue weighted by Gasteiger charge is -2.26. The molecule has 5 nitrogen and oxygen atoms in total. The monoisotopic (exact) mass is 344 g/mol. The number of nitrogens with zero attached hydrogens (tertiary/aromatic N) is 2. The molecular weight excluding hydrogens is 320 g/mol. The van der Waals surface area contributed by atoms with Crippen LogP contribution in [0.25, 0.3) is 0 Å². The number of benzene rings is 1. The summed E-state index contributed by atoms with van der Waals surface area (Å²) in [6.45, 7) is 3.81. The maximum atomic E-state index is 11.1. The van der Waals surface area contributed by atoms with E-state index in [1.54, 1.807) is 11.8 Å². The van der Waals surface area contributed by atoms with Crippen molar-refractivity contribution < 1.29 is 4.79 Å². The van der Waals surface area contributed by atoms with Gasteiger partial charge < -0.3 is 5.32 Å². The Labute approximate surface area is 147 Å². The number of hydrogen-bond donors (Lipinski definition) is 2. The summed E-state index contributed by atoms with van der Waals surface area (Å²) in [7, 11) is 0. The standard InChI is InChI=1S/C18H24N4OS/c1-12-5-3-4-6-16(12)20-18-22-21-17(11-24-18)14-7-9-15(10-8-14)19-13(2)23/h7-10,12,16H,3-6,11H2,1-2H3,(H,19,23)(H,20,22). The van der Waals surface area contributed by atoms with Gasteiger partial charge in [-0.1, -0.05) is 43.7 Å². The highest BCUT2D eigenvalue weighted by atomic mass is 32.2. The minimum atomic E-state index is -0.0622. The second kappa shape index (κ2) is 7.83. The molecule has 24 heavy (non-hydrogen) atoms. The van der Waals surface area contributed by atoms with Gasteiger partial charge in [-0.25, -0.2) is 0 Å². The fourth-order valence-corrected chi connectivity index (χ4v) is 3.94. The number of aliphatic imine (C=N–C) groups is 1. The van der Waals surface area contributed by atoms with E-state index in [0.717, 1.165) is 27.9 Å². The predicted octanol–water partition coefficient (Wildman–Crippen LogP) is 3.62. The number of anilines is 1. The highest BCUT2D eigenvalue weighted by Crippen LogP contribution is 2.27. The lowest BCUT2D eigenvalue weighted by molar-refractivity contribution is -0.114. The van der Waals surface area contributed by atoms with Crippen LogP contribution in [0.15, 0.2) is 34.4 Å². The summed E-state index contributed by atoms with van der Waals surface area (Å²) in [6, 6.07) is 8.20. The van der Waals surface area contributed by atoms with E-state index in [1.807, 2.05) is 24.3 Å². The Kier molecular flexibility index (Phi) is 5.56. The third-order valence-corrected chi connectivity index (χ3v) is 5.41. The molecule has 0 spiro atoms. The molecule has 1 amide bonds. The van der Waals surface area contributed by atoms with Crippen LogP contribution in [0.2, 0.25) is 0 Å². The topological polar surface area (TPSA) is 65.8 Å². The largest absolute Gasteiger partial charge is 0.326 e. The SMILES string of the molecule is CC(=O)Nc1ccc(C2=NNC(=NC3CCCCC3C)SC2)cc1. The minimum Gasteiger partial charge on any atom is -0.326 e. The maximum Gasteiger partial charge on any atom is 0.221 e. The minimum absolute atomic E-state index is 0.0622. The molecule has 1 aliphatic heterocycles. The van der Waals surface area contributed by atoms with Crippen molar-refractivity contribution in [3.05, 3.63) is 29.8 Å². The van der Waals surface area contributed by atoms with E-state index in [0.29, 0.717) is 12.0 Å². The molecule has 1 fully saturated rings. The third-order valence-electron chi connectivity index (χ3n) is 4.52. The van der Waals surface area contributed by atoms with Gasteiger partial charge in [0, 0.05) is 18.4 Å². The molecule has 0 aromatic heterocycles. The Bertz CT molecular complexity index is 653. The van der Waals surface area contributed by atoms with Crippen LogP contribution in [0.5, 0.6) is 0 Å². The van der Waals surface area contributed by atoms with E-state index in [9.17, 15) is 4.79 Å². The molecular formula is C18H24N4OS. The summed E-state index contributed by atoms with van der Waals surface area (Å²) in [4.78, 5) is 15.9. The summed E-state index contributed by atoms with van der Waals surface area (Å²) in [5.41, 5.74) is 5.98. The predicted molar refractivity (Wildman–Crippen MR) is 102 cm³/mol. The van der Waals surface area contributed by atoms with Gasteiger partial charge >= 0.3 is 0 Å². The first-order chi connectivity index (χ1) is 11.6. The number of hydrogen-bond acceptors (Lipinski definition) is 4. The Morgan fingerprint density at radius 2 is 2.04 bits per heavy atom. The van der Waals surface area contributed by atoms with Crippen LogP contribution in [0.3, 0.4) is 0 Å². The zero-order valence-electron chi connectivity index (χ0n) is 14.2. The number of rotatable bonds is 3. The molecule has 6 heteroatoms. The van der Waals surface area contributed by atoms with Crippen LogP contribution >= 0.6 is 11.8 Å². The van der Waals surface area contributed by atoms with Gasteiger partial charge in [-0.05, 0) is 36.5 Å². The number of nitrogens with one attached hydrogen (secondary N) is 2. The van der Waals surface area contributed by atoms with Gasteiger partial charge in [0.05, 0.1) is 11.8 Å². The maximum absolute atomic E-state index is 11.1. The highest BCUT2D eigenvalue weighted by Gasteiger charge is 2.22. The van der Waals surface area contributed by atoms with Gasteiger partial charge in [-0.2, -0.15) is 5.10 Å². The lowest BCUT2D eigenvalue weighted by Crippen LogP contribution is -2.29. The van der Waals surface area contributed by atoms with E-state index in [2.05, 4.69) is 22.8 Å². The molecule has 0 saturated heterocycles. The molecule has 2 atom stereocenters. The number of hydrazone groups is 1. The Morgan fingerprint density at radius 3 is 2.67 bits per heavy atom. The van der Waals surface area contributed by atoms with Crippen LogP contribution in [-0.2, 0) is 4.79 Å². The first-order valence-corrected chi connectivity index (χ1v) is 9.51. The van der Waals surface area contributed by atoms with Crippen molar-refractivity contribution in [1.29, 1.82) is 0 Å². The normalized spacial score (nSPS) is 25.8. The second-order valence-electron chi connectivity index (χ2n) is 6.48. The van der Waals surface area contributed by atoms with E-state index in [-0.39, 0.29) is 5.91 Å². The molecule has 1 aromatic rings. The van der Waals surface area contributed by atoms with Crippen molar-refractivity contribution in [2.24, 2.45) is 16.0 Å². The van der Waals surface area contributed by atoms with E-state index >= 15 is 0 Å². The molecule has 2 unspecified atom stereocenters. The molecule has 1 aromatic carbocycles. The number of amidine groups is 1. The summed E-state index contributed by atoms with van der Waals surface area (Å²) >= 11 is 1.72. The Balaban J connectivity index is 1.63. The average Bonchev–Trinajstić information content (AvgIpc) is 2.58. The first-order valence-electron chi connectivity index (χ1n) is 8.53. The second-order valence-corrected chi connectivity index (χ2v) is 7.44. The van der Waals surface area contributed by atoms with Gasteiger partial charge in [0.2, 0.25) is 5.91 Å². The van der Waals surface area contributed by atoms with Crippen LogP contribution in [-0.4, -0.2) is 28.6 Å². The van der Waals surface area contributed by atoms with E-state index in [1.165, 1.54) is 32.6 Å². The number of amides is 1. The summed E-state index contributed by atoms with van der Waals surface area (Å²) in [6.07, 6.45) is 5.08. The average molecular weight is 344 g/mol. The fourth-order valence-electron chi connectivity index (χ4n) is 3.12. The van der Waals surface area contributed by atoms with Crippen LogP contribution in [0.1, 0.15) is 45.1 Å². The molecule has 0 radical (unpaired) electrons. The summed E-state index contributed by atoms with van der Waals surface area (Å²) < 4.78 is 0. The smallest absolute Gasteiger partial charge is 0.221 e. The summed E-state index contributed by atoms with van der Waals surface area (Å²) in [5, 5.41) is 8.20. The number of carbonyl (C=O) groups excluding carboxylic acids is 1.